The Morgan fingerprint density at radius 2 is 1.79 bits per heavy atom. The van der Waals surface area contributed by atoms with Crippen LogP contribution in [0.3, 0.4) is 0 Å². The lowest BCUT2D eigenvalue weighted by Crippen LogP contribution is -2.45. The Morgan fingerprint density at radius 3 is 2.50 bits per heavy atom. The van der Waals surface area contributed by atoms with Crippen LogP contribution in [0.25, 0.3) is 21.9 Å². The van der Waals surface area contributed by atoms with Gasteiger partial charge in [0.2, 0.25) is 11.8 Å². The molecule has 2 saturated heterocycles. The number of aromatic nitrogens is 6. The van der Waals surface area contributed by atoms with Gasteiger partial charge in [-0.2, -0.15) is 18.3 Å². The quantitative estimate of drug-likeness (QED) is 0.193. The lowest BCUT2D eigenvalue weighted by atomic mass is 9.85. The molecular weight excluding hydrogens is 757 g/mol. The molecule has 2 aliphatic heterocycles. The average Bonchev–Trinajstić information content (AvgIpc) is 3.74. The van der Waals surface area contributed by atoms with E-state index in [0.717, 1.165) is 80.9 Å². The Kier molecular flexibility index (Phi) is 10.5. The fourth-order valence-corrected chi connectivity index (χ4v) is 8.92. The van der Waals surface area contributed by atoms with E-state index in [-0.39, 0.29) is 29.7 Å². The molecule has 3 amide bonds. The molecule has 3 aliphatic rings. The zero-order valence-corrected chi connectivity index (χ0v) is 32.5. The summed E-state index contributed by atoms with van der Waals surface area (Å²) in [5.41, 5.74) is 1.42. The number of fused-ring (bicyclic) bond motifs is 2. The van der Waals surface area contributed by atoms with Crippen molar-refractivity contribution in [1.29, 1.82) is 0 Å². The van der Waals surface area contributed by atoms with Gasteiger partial charge in [-0.1, -0.05) is 6.07 Å². The molecule has 0 bridgehead atoms. The maximum atomic E-state index is 13.4. The number of carbonyl (C=O) groups excluding carboxylic acids is 3. The summed E-state index contributed by atoms with van der Waals surface area (Å²) in [6, 6.07) is 9.13. The number of ether oxygens (including phenoxy) is 1. The van der Waals surface area contributed by atoms with Crippen LogP contribution in [0.5, 0.6) is 5.75 Å². The highest BCUT2D eigenvalue weighted by Crippen LogP contribution is 2.37. The van der Waals surface area contributed by atoms with Crippen molar-refractivity contribution in [2.24, 2.45) is 13.0 Å². The van der Waals surface area contributed by atoms with Crippen molar-refractivity contribution >= 4 is 51.0 Å². The third kappa shape index (κ3) is 7.52. The highest BCUT2D eigenvalue weighted by molar-refractivity contribution is 6.05. The molecule has 1 saturated carbocycles. The van der Waals surface area contributed by atoms with E-state index in [0.29, 0.717) is 41.4 Å². The Morgan fingerprint density at radius 1 is 1.03 bits per heavy atom. The van der Waals surface area contributed by atoms with Crippen LogP contribution in [-0.4, -0.2) is 91.3 Å². The first kappa shape index (κ1) is 39.1. The molecular formula is C40H45F3N10O5. The summed E-state index contributed by atoms with van der Waals surface area (Å²) in [6.45, 7) is 2.66. The van der Waals surface area contributed by atoms with Gasteiger partial charge in [0, 0.05) is 56.8 Å². The Hall–Kier alpha value is -5.78. The first-order valence-corrected chi connectivity index (χ1v) is 19.5. The SMILES string of the molecule is COc1cc2nn(C3CCC(CN(C)C4CCN(c5cccc6c5n(C)c(=O)n6C5CCC(=O)NC5=O)CC4)CC3)cc2cc1NC(=O)c1cncc(C(F)(F)F)n1. The van der Waals surface area contributed by atoms with Crippen molar-refractivity contribution < 1.29 is 32.3 Å². The second-order valence-electron chi connectivity index (χ2n) is 15.6. The van der Waals surface area contributed by atoms with Crippen LogP contribution < -0.4 is 26.0 Å². The van der Waals surface area contributed by atoms with E-state index < -0.39 is 35.4 Å². The number of hydrogen-bond acceptors (Lipinski definition) is 10. The molecule has 3 fully saturated rings. The molecule has 15 nitrogen and oxygen atoms in total. The number of imidazole rings is 1. The molecule has 0 spiro atoms. The molecule has 5 heterocycles. The largest absolute Gasteiger partial charge is 0.494 e. The number of rotatable bonds is 9. The van der Waals surface area contributed by atoms with Crippen LogP contribution in [0.1, 0.15) is 79.6 Å². The van der Waals surface area contributed by atoms with E-state index in [2.05, 4.69) is 37.4 Å². The van der Waals surface area contributed by atoms with E-state index in [1.54, 1.807) is 23.7 Å². The first-order valence-electron chi connectivity index (χ1n) is 19.5. The third-order valence-electron chi connectivity index (χ3n) is 12.0. The van der Waals surface area contributed by atoms with Crippen molar-refractivity contribution in [3.8, 4) is 5.75 Å². The minimum absolute atomic E-state index is 0.196. The summed E-state index contributed by atoms with van der Waals surface area (Å²) in [5, 5.41) is 10.6. The minimum Gasteiger partial charge on any atom is -0.494 e. The number of anilines is 2. The van der Waals surface area contributed by atoms with E-state index in [9.17, 15) is 32.3 Å². The number of benzene rings is 2. The third-order valence-corrected chi connectivity index (χ3v) is 12.0. The lowest BCUT2D eigenvalue weighted by molar-refractivity contribution is -0.141. The van der Waals surface area contributed by atoms with Gasteiger partial charge in [0.05, 0.1) is 53.5 Å². The van der Waals surface area contributed by atoms with E-state index in [1.807, 2.05) is 29.1 Å². The van der Waals surface area contributed by atoms with Crippen molar-refractivity contribution in [3.63, 3.8) is 0 Å². The normalized spacial score (nSPS) is 20.9. The molecule has 2 aromatic carbocycles. The van der Waals surface area contributed by atoms with E-state index in [1.165, 1.54) is 11.7 Å². The van der Waals surface area contributed by atoms with Crippen molar-refractivity contribution in [2.75, 3.05) is 44.0 Å². The van der Waals surface area contributed by atoms with Gasteiger partial charge in [0.25, 0.3) is 5.91 Å². The molecule has 8 rings (SSSR count). The predicted octanol–water partition coefficient (Wildman–Crippen LogP) is 5.07. The van der Waals surface area contributed by atoms with Gasteiger partial charge in [-0.3, -0.25) is 38.5 Å². The summed E-state index contributed by atoms with van der Waals surface area (Å²) in [6.07, 6.45) is 5.20. The molecule has 1 aliphatic carbocycles. The molecule has 58 heavy (non-hydrogen) atoms. The van der Waals surface area contributed by atoms with Crippen molar-refractivity contribution in [2.45, 2.75) is 75.7 Å². The van der Waals surface area contributed by atoms with E-state index >= 15 is 0 Å². The maximum Gasteiger partial charge on any atom is 0.434 e. The summed E-state index contributed by atoms with van der Waals surface area (Å²) in [5.74, 6) is -0.746. The number of nitrogens with zero attached hydrogens (tertiary/aromatic N) is 8. The minimum atomic E-state index is -4.73. The summed E-state index contributed by atoms with van der Waals surface area (Å²) in [4.78, 5) is 62.6. The Bertz CT molecular complexity index is 2440. The summed E-state index contributed by atoms with van der Waals surface area (Å²) < 4.78 is 50.0. The summed E-state index contributed by atoms with van der Waals surface area (Å²) in [7, 11) is 5.39. The molecule has 1 atom stereocenters. The molecule has 3 aromatic heterocycles. The smallest absolute Gasteiger partial charge is 0.434 e. The number of piperidine rings is 2. The van der Waals surface area contributed by atoms with Gasteiger partial charge < -0.3 is 19.9 Å². The van der Waals surface area contributed by atoms with Crippen LogP contribution in [0.2, 0.25) is 0 Å². The number of aryl methyl sites for hydroxylation is 1. The standard InChI is InChI=1S/C40H45F3N10O5/c1-49(25-13-15-51(16-14-25)30-5-4-6-31-36(30)50(2)39(57)53(31)32-11-12-35(54)47-38(32)56)21-23-7-9-26(10-8-23)52-22-24-17-28(33(58-3)18-27(24)48-52)46-37(55)29-19-44-20-34(45-29)40(41,42)43/h4-6,17-20,22-23,25-26,32H,7-16,21H2,1-3H3,(H,46,55)(H,47,54,56). The van der Waals surface area contributed by atoms with Gasteiger partial charge in [-0.05, 0) is 76.1 Å². The van der Waals surface area contributed by atoms with Gasteiger partial charge >= 0.3 is 11.9 Å². The number of hydrogen-bond donors (Lipinski definition) is 2. The van der Waals surface area contributed by atoms with Gasteiger partial charge in [-0.15, -0.1) is 0 Å². The number of alkyl halides is 3. The first-order chi connectivity index (χ1) is 27.8. The second-order valence-corrected chi connectivity index (χ2v) is 15.6. The molecule has 5 aromatic rings. The van der Waals surface area contributed by atoms with Crippen molar-refractivity contribution in [1.82, 2.24) is 39.1 Å². The Labute approximate surface area is 331 Å². The fourth-order valence-electron chi connectivity index (χ4n) is 8.92. The topological polar surface area (TPSA) is 162 Å². The number of halogens is 3. The van der Waals surface area contributed by atoms with Crippen LogP contribution in [0.4, 0.5) is 24.5 Å². The number of amides is 3. The van der Waals surface area contributed by atoms with Gasteiger partial charge in [0.15, 0.2) is 5.69 Å². The van der Waals surface area contributed by atoms with Gasteiger partial charge in [0.1, 0.15) is 17.5 Å². The van der Waals surface area contributed by atoms with Crippen LogP contribution in [0.15, 0.2) is 53.7 Å². The zero-order valence-electron chi connectivity index (χ0n) is 32.5. The van der Waals surface area contributed by atoms with Crippen LogP contribution in [0, 0.1) is 5.92 Å². The van der Waals surface area contributed by atoms with Crippen molar-refractivity contribution in [3.05, 3.63) is 70.8 Å². The number of imide groups is 1. The second kappa shape index (κ2) is 15.5. The summed E-state index contributed by atoms with van der Waals surface area (Å²) >= 11 is 0. The average molecular weight is 803 g/mol. The molecule has 1 unspecified atom stereocenters. The van der Waals surface area contributed by atoms with Crippen LogP contribution >= 0.6 is 0 Å². The van der Waals surface area contributed by atoms with E-state index in [4.69, 9.17) is 9.84 Å². The van der Waals surface area contributed by atoms with Gasteiger partial charge in [-0.25, -0.2) is 9.78 Å². The van der Waals surface area contributed by atoms with Crippen LogP contribution in [-0.2, 0) is 22.8 Å². The number of carbonyl (C=O) groups is 3. The fraction of sp³-hybridized carbons (Fsp3) is 0.475. The number of nitrogens with one attached hydrogen (secondary N) is 2. The number of para-hydroxylation sites is 1. The number of methoxy groups -OCH3 is 1. The maximum absolute atomic E-state index is 13.4. The predicted molar refractivity (Wildman–Crippen MR) is 209 cm³/mol. The zero-order chi connectivity index (χ0) is 40.9. The highest BCUT2D eigenvalue weighted by atomic mass is 19.4. The molecule has 306 valence electrons. The lowest BCUT2D eigenvalue weighted by Gasteiger charge is -2.40. The highest BCUT2D eigenvalue weighted by Gasteiger charge is 2.35. The Balaban J connectivity index is 0.866. The molecule has 18 heteroatoms. The molecule has 2 N–H and O–H groups in total. The molecule has 0 radical (unpaired) electrons. The monoisotopic (exact) mass is 802 g/mol.